The molecule has 0 radical (unpaired) electrons. The van der Waals surface area contributed by atoms with Crippen LogP contribution >= 0.6 is 11.3 Å². The van der Waals surface area contributed by atoms with Crippen LogP contribution in [0, 0.1) is 0 Å². The Bertz CT molecular complexity index is 2500. The van der Waals surface area contributed by atoms with Crippen molar-refractivity contribution in [2.24, 2.45) is 0 Å². The maximum Gasteiger partial charge on any atom is 0.167 e. The monoisotopic (exact) mass is 581 g/mol. The third kappa shape index (κ3) is 4.02. The van der Waals surface area contributed by atoms with Crippen molar-refractivity contribution in [1.29, 1.82) is 0 Å². The van der Waals surface area contributed by atoms with Gasteiger partial charge in [0, 0.05) is 42.1 Å². The predicted molar refractivity (Wildman–Crippen MR) is 182 cm³/mol. The Morgan fingerprint density at radius 3 is 1.93 bits per heavy atom. The molecule has 0 aliphatic heterocycles. The van der Waals surface area contributed by atoms with Crippen LogP contribution in [0.4, 0.5) is 0 Å². The SMILES string of the molecule is c1ccc(-c2nc(-c3ccc4c(c3)sc3cccc(-c5ccccc5)c34)nc(-c3cccc4c3oc3ccccc34)n2)cc1. The van der Waals surface area contributed by atoms with E-state index in [4.69, 9.17) is 19.4 Å². The molecule has 0 saturated carbocycles. The fourth-order valence-electron chi connectivity index (χ4n) is 6.09. The van der Waals surface area contributed by atoms with Crippen LogP contribution in [0.1, 0.15) is 0 Å². The Labute approximate surface area is 256 Å². The van der Waals surface area contributed by atoms with Crippen molar-refractivity contribution >= 4 is 53.4 Å². The zero-order valence-electron chi connectivity index (χ0n) is 23.4. The lowest BCUT2D eigenvalue weighted by Crippen LogP contribution is -2.00. The Morgan fingerprint density at radius 2 is 1.09 bits per heavy atom. The number of aromatic nitrogens is 3. The molecule has 3 aromatic heterocycles. The Kier molecular flexibility index (Phi) is 5.64. The van der Waals surface area contributed by atoms with E-state index in [2.05, 4.69) is 78.9 Å². The highest BCUT2D eigenvalue weighted by Crippen LogP contribution is 2.41. The molecule has 206 valence electrons. The third-order valence-corrected chi connectivity index (χ3v) is 9.27. The van der Waals surface area contributed by atoms with Crippen LogP contribution in [0.2, 0.25) is 0 Å². The lowest BCUT2D eigenvalue weighted by molar-refractivity contribution is 0.669. The number of fused-ring (bicyclic) bond motifs is 6. The van der Waals surface area contributed by atoms with E-state index < -0.39 is 0 Å². The summed E-state index contributed by atoms with van der Waals surface area (Å²) in [5.74, 6) is 1.84. The van der Waals surface area contributed by atoms with Crippen molar-refractivity contribution in [3.63, 3.8) is 0 Å². The molecule has 0 saturated heterocycles. The molecule has 3 heterocycles. The quantitative estimate of drug-likeness (QED) is 0.207. The number of furan rings is 1. The maximum atomic E-state index is 6.37. The lowest BCUT2D eigenvalue weighted by atomic mass is 9.99. The summed E-state index contributed by atoms with van der Waals surface area (Å²) in [7, 11) is 0. The Hall–Kier alpha value is -5.65. The first-order valence-corrected chi connectivity index (χ1v) is 15.3. The molecule has 4 nitrogen and oxygen atoms in total. The highest BCUT2D eigenvalue weighted by Gasteiger charge is 2.18. The number of thiophene rings is 1. The van der Waals surface area contributed by atoms with Crippen molar-refractivity contribution in [1.82, 2.24) is 15.0 Å². The molecule has 0 amide bonds. The minimum atomic E-state index is 0.585. The number of benzene rings is 6. The molecule has 0 atom stereocenters. The van der Waals surface area contributed by atoms with E-state index in [1.54, 1.807) is 11.3 Å². The average Bonchev–Trinajstić information content (AvgIpc) is 3.67. The first kappa shape index (κ1) is 24.9. The van der Waals surface area contributed by atoms with Gasteiger partial charge in [-0.1, -0.05) is 115 Å². The zero-order valence-corrected chi connectivity index (χ0v) is 24.3. The van der Waals surface area contributed by atoms with Gasteiger partial charge in [-0.15, -0.1) is 11.3 Å². The van der Waals surface area contributed by atoms with Gasteiger partial charge in [0.1, 0.15) is 11.2 Å². The zero-order chi connectivity index (χ0) is 29.0. The fraction of sp³-hybridized carbons (Fsp3) is 0. The van der Waals surface area contributed by atoms with Crippen LogP contribution in [0.15, 0.2) is 144 Å². The third-order valence-electron chi connectivity index (χ3n) is 8.15. The van der Waals surface area contributed by atoms with Gasteiger partial charge < -0.3 is 4.42 Å². The van der Waals surface area contributed by atoms with Crippen LogP contribution in [0.3, 0.4) is 0 Å². The number of para-hydroxylation sites is 2. The van der Waals surface area contributed by atoms with Crippen molar-refractivity contribution in [2.45, 2.75) is 0 Å². The summed E-state index contributed by atoms with van der Waals surface area (Å²) in [5, 5.41) is 4.63. The van der Waals surface area contributed by atoms with Crippen LogP contribution in [-0.4, -0.2) is 15.0 Å². The first-order valence-electron chi connectivity index (χ1n) is 14.5. The van der Waals surface area contributed by atoms with Crippen molar-refractivity contribution in [3.8, 4) is 45.3 Å². The van der Waals surface area contributed by atoms with E-state index in [1.165, 1.54) is 31.3 Å². The maximum absolute atomic E-state index is 6.37. The molecular formula is C39H23N3OS. The van der Waals surface area contributed by atoms with E-state index in [1.807, 2.05) is 60.7 Å². The molecular weight excluding hydrogens is 559 g/mol. The molecule has 0 bridgehead atoms. The van der Waals surface area contributed by atoms with Gasteiger partial charge in [-0.25, -0.2) is 15.0 Å². The molecule has 44 heavy (non-hydrogen) atoms. The molecule has 0 aliphatic carbocycles. The van der Waals surface area contributed by atoms with Gasteiger partial charge >= 0.3 is 0 Å². The summed E-state index contributed by atoms with van der Waals surface area (Å²) in [6, 6.07) is 48.0. The summed E-state index contributed by atoms with van der Waals surface area (Å²) in [6.07, 6.45) is 0. The van der Waals surface area contributed by atoms with E-state index in [-0.39, 0.29) is 0 Å². The van der Waals surface area contributed by atoms with Gasteiger partial charge in [0.15, 0.2) is 17.5 Å². The molecule has 0 unspecified atom stereocenters. The van der Waals surface area contributed by atoms with Gasteiger partial charge in [-0.2, -0.15) is 0 Å². The molecule has 0 spiro atoms. The first-order chi connectivity index (χ1) is 21.8. The second-order valence-electron chi connectivity index (χ2n) is 10.8. The number of nitrogens with zero attached hydrogens (tertiary/aromatic N) is 3. The standard InChI is InChI=1S/C39H23N3OS/c1-3-11-24(12-4-1)27-16-10-20-33-35(27)30-22-21-26(23-34(30)44-33)38-40-37(25-13-5-2-6-14-25)41-39(42-38)31-18-9-17-29-28-15-7-8-19-32(28)43-36(29)31/h1-23H. The van der Waals surface area contributed by atoms with Crippen molar-refractivity contribution in [2.75, 3.05) is 0 Å². The largest absolute Gasteiger partial charge is 0.455 e. The fourth-order valence-corrected chi connectivity index (χ4v) is 7.26. The van der Waals surface area contributed by atoms with E-state index in [0.29, 0.717) is 17.5 Å². The van der Waals surface area contributed by atoms with Gasteiger partial charge in [-0.3, -0.25) is 0 Å². The Balaban J connectivity index is 1.25. The summed E-state index contributed by atoms with van der Waals surface area (Å²) in [4.78, 5) is 15.1. The minimum absolute atomic E-state index is 0.585. The van der Waals surface area contributed by atoms with E-state index in [9.17, 15) is 0 Å². The predicted octanol–water partition coefficient (Wildman–Crippen LogP) is 10.8. The van der Waals surface area contributed by atoms with Crippen molar-refractivity contribution in [3.05, 3.63) is 140 Å². The number of hydrogen-bond acceptors (Lipinski definition) is 5. The average molecular weight is 582 g/mol. The minimum Gasteiger partial charge on any atom is -0.455 e. The van der Waals surface area contributed by atoms with Crippen LogP contribution in [0.25, 0.3) is 87.4 Å². The lowest BCUT2D eigenvalue weighted by Gasteiger charge is -2.09. The van der Waals surface area contributed by atoms with Crippen LogP contribution in [-0.2, 0) is 0 Å². The number of rotatable bonds is 4. The van der Waals surface area contributed by atoms with Gasteiger partial charge in [0.25, 0.3) is 0 Å². The summed E-state index contributed by atoms with van der Waals surface area (Å²) in [5.41, 5.74) is 6.81. The normalized spacial score (nSPS) is 11.6. The summed E-state index contributed by atoms with van der Waals surface area (Å²) < 4.78 is 8.83. The molecule has 6 aromatic carbocycles. The summed E-state index contributed by atoms with van der Waals surface area (Å²) >= 11 is 1.80. The topological polar surface area (TPSA) is 51.8 Å². The number of hydrogen-bond donors (Lipinski definition) is 0. The van der Waals surface area contributed by atoms with Crippen LogP contribution < -0.4 is 0 Å². The second-order valence-corrected chi connectivity index (χ2v) is 11.9. The van der Waals surface area contributed by atoms with E-state index in [0.717, 1.165) is 38.6 Å². The van der Waals surface area contributed by atoms with Gasteiger partial charge in [0.05, 0.1) is 5.56 Å². The molecule has 0 fully saturated rings. The molecule has 5 heteroatoms. The van der Waals surface area contributed by atoms with Crippen molar-refractivity contribution < 1.29 is 4.42 Å². The summed E-state index contributed by atoms with van der Waals surface area (Å²) in [6.45, 7) is 0. The Morgan fingerprint density at radius 1 is 0.432 bits per heavy atom. The highest BCUT2D eigenvalue weighted by molar-refractivity contribution is 7.26. The van der Waals surface area contributed by atoms with Gasteiger partial charge in [-0.05, 0) is 35.4 Å². The van der Waals surface area contributed by atoms with Gasteiger partial charge in [0.2, 0.25) is 0 Å². The molecule has 9 rings (SSSR count). The highest BCUT2D eigenvalue weighted by atomic mass is 32.1. The second kappa shape index (κ2) is 9.97. The smallest absolute Gasteiger partial charge is 0.167 e. The molecule has 9 aromatic rings. The van der Waals surface area contributed by atoms with E-state index >= 15 is 0 Å². The molecule has 0 aliphatic rings. The van der Waals surface area contributed by atoms with Crippen LogP contribution in [0.5, 0.6) is 0 Å². The molecule has 0 N–H and O–H groups in total.